The highest BCUT2D eigenvalue weighted by molar-refractivity contribution is 5.94. The standard InChI is InChI=1S/C19H22N2O4/c1-12(2)14-6-4-5-7-17(14)25-11-10-20-18(22)16-9-8-15(19(23)24)13(3)21-16/h4-9,12H,10-11H2,1-3H3,(H,20,22)(H,23,24). The third kappa shape index (κ3) is 4.79. The summed E-state index contributed by atoms with van der Waals surface area (Å²) in [5.74, 6) is -0.257. The van der Waals surface area contributed by atoms with Crippen molar-refractivity contribution >= 4 is 11.9 Å². The maximum Gasteiger partial charge on any atom is 0.337 e. The minimum atomic E-state index is -1.06. The quantitative estimate of drug-likeness (QED) is 0.755. The number of carboxylic acid groups (broad SMARTS) is 1. The topological polar surface area (TPSA) is 88.5 Å². The molecule has 0 unspecified atom stereocenters. The third-order valence-electron chi connectivity index (χ3n) is 3.74. The summed E-state index contributed by atoms with van der Waals surface area (Å²) >= 11 is 0. The highest BCUT2D eigenvalue weighted by Gasteiger charge is 2.13. The Hall–Kier alpha value is -2.89. The van der Waals surface area contributed by atoms with E-state index < -0.39 is 5.97 Å². The Morgan fingerprint density at radius 1 is 1.20 bits per heavy atom. The molecular formula is C19H22N2O4. The van der Waals surface area contributed by atoms with Gasteiger partial charge in [-0.25, -0.2) is 9.78 Å². The van der Waals surface area contributed by atoms with E-state index in [9.17, 15) is 9.59 Å². The number of hydrogen-bond donors (Lipinski definition) is 2. The highest BCUT2D eigenvalue weighted by atomic mass is 16.5. The van der Waals surface area contributed by atoms with Crippen LogP contribution in [0.25, 0.3) is 0 Å². The smallest absolute Gasteiger partial charge is 0.337 e. The molecule has 0 aliphatic carbocycles. The van der Waals surface area contributed by atoms with Gasteiger partial charge in [0.1, 0.15) is 18.1 Å². The molecule has 2 rings (SSSR count). The van der Waals surface area contributed by atoms with Crippen molar-refractivity contribution in [3.63, 3.8) is 0 Å². The highest BCUT2D eigenvalue weighted by Crippen LogP contribution is 2.25. The van der Waals surface area contributed by atoms with Gasteiger partial charge >= 0.3 is 5.97 Å². The number of nitrogens with zero attached hydrogens (tertiary/aromatic N) is 1. The molecule has 2 N–H and O–H groups in total. The summed E-state index contributed by atoms with van der Waals surface area (Å²) in [7, 11) is 0. The van der Waals surface area contributed by atoms with E-state index in [1.165, 1.54) is 12.1 Å². The molecule has 1 aromatic carbocycles. The number of benzene rings is 1. The van der Waals surface area contributed by atoms with Crippen LogP contribution in [0, 0.1) is 6.92 Å². The van der Waals surface area contributed by atoms with Crippen molar-refractivity contribution in [2.75, 3.05) is 13.2 Å². The molecule has 25 heavy (non-hydrogen) atoms. The Balaban J connectivity index is 1.89. The first-order chi connectivity index (χ1) is 11.9. The molecule has 0 saturated carbocycles. The zero-order valence-electron chi connectivity index (χ0n) is 14.6. The second-order valence-corrected chi connectivity index (χ2v) is 5.93. The number of aryl methyl sites for hydroxylation is 1. The number of nitrogens with one attached hydrogen (secondary N) is 1. The number of carboxylic acids is 1. The van der Waals surface area contributed by atoms with Crippen molar-refractivity contribution in [2.24, 2.45) is 0 Å². The lowest BCUT2D eigenvalue weighted by atomic mass is 10.0. The molecule has 0 saturated heterocycles. The van der Waals surface area contributed by atoms with Crippen LogP contribution in [0.5, 0.6) is 5.75 Å². The molecule has 2 aromatic rings. The molecule has 1 heterocycles. The fourth-order valence-electron chi connectivity index (χ4n) is 2.42. The predicted molar refractivity (Wildman–Crippen MR) is 94.3 cm³/mol. The molecule has 0 fully saturated rings. The second-order valence-electron chi connectivity index (χ2n) is 5.93. The lowest BCUT2D eigenvalue weighted by molar-refractivity contribution is 0.0694. The fraction of sp³-hybridized carbons (Fsp3) is 0.316. The van der Waals surface area contributed by atoms with Gasteiger partial charge in [-0.15, -0.1) is 0 Å². The van der Waals surface area contributed by atoms with Gasteiger partial charge in [0.25, 0.3) is 5.91 Å². The van der Waals surface area contributed by atoms with Crippen molar-refractivity contribution in [3.05, 3.63) is 58.9 Å². The Morgan fingerprint density at radius 3 is 2.56 bits per heavy atom. The molecule has 6 heteroatoms. The minimum absolute atomic E-state index is 0.0881. The summed E-state index contributed by atoms with van der Waals surface area (Å²) in [5, 5.41) is 11.7. The SMILES string of the molecule is Cc1nc(C(=O)NCCOc2ccccc2C(C)C)ccc1C(=O)O. The lowest BCUT2D eigenvalue weighted by Crippen LogP contribution is -2.29. The van der Waals surface area contributed by atoms with Crippen molar-refractivity contribution in [1.29, 1.82) is 0 Å². The van der Waals surface area contributed by atoms with E-state index in [0.717, 1.165) is 11.3 Å². The molecule has 6 nitrogen and oxygen atoms in total. The molecule has 0 spiro atoms. The molecule has 0 aliphatic heterocycles. The number of carbonyl (C=O) groups excluding carboxylic acids is 1. The van der Waals surface area contributed by atoms with E-state index in [1.54, 1.807) is 6.92 Å². The summed E-state index contributed by atoms with van der Waals surface area (Å²) in [6.07, 6.45) is 0. The fourth-order valence-corrected chi connectivity index (χ4v) is 2.42. The van der Waals surface area contributed by atoms with Crippen LogP contribution < -0.4 is 10.1 Å². The number of hydrogen-bond acceptors (Lipinski definition) is 4. The lowest BCUT2D eigenvalue weighted by Gasteiger charge is -2.14. The molecule has 0 bridgehead atoms. The van der Waals surface area contributed by atoms with E-state index in [0.29, 0.717) is 24.8 Å². The summed E-state index contributed by atoms with van der Waals surface area (Å²) in [6, 6.07) is 10.6. The van der Waals surface area contributed by atoms with Crippen molar-refractivity contribution < 1.29 is 19.4 Å². The zero-order valence-corrected chi connectivity index (χ0v) is 14.6. The summed E-state index contributed by atoms with van der Waals surface area (Å²) in [6.45, 7) is 6.41. The van der Waals surface area contributed by atoms with Gasteiger partial charge in [-0.3, -0.25) is 4.79 Å². The Labute approximate surface area is 146 Å². The van der Waals surface area contributed by atoms with E-state index in [1.807, 2.05) is 24.3 Å². The first-order valence-electron chi connectivity index (χ1n) is 8.11. The van der Waals surface area contributed by atoms with Crippen LogP contribution in [0.1, 0.15) is 51.9 Å². The molecule has 132 valence electrons. The molecular weight excluding hydrogens is 320 g/mol. The average molecular weight is 342 g/mol. The maximum atomic E-state index is 12.1. The minimum Gasteiger partial charge on any atom is -0.491 e. The van der Waals surface area contributed by atoms with Crippen molar-refractivity contribution in [1.82, 2.24) is 10.3 Å². The number of aromatic carboxylic acids is 1. The van der Waals surface area contributed by atoms with Crippen LogP contribution >= 0.6 is 0 Å². The predicted octanol–water partition coefficient (Wildman–Crippen LogP) is 3.02. The summed E-state index contributed by atoms with van der Waals surface area (Å²) in [5.41, 5.74) is 1.70. The van der Waals surface area contributed by atoms with E-state index >= 15 is 0 Å². The number of aromatic nitrogens is 1. The van der Waals surface area contributed by atoms with Gasteiger partial charge in [-0.05, 0) is 36.6 Å². The molecule has 1 amide bonds. The monoisotopic (exact) mass is 342 g/mol. The molecule has 0 atom stereocenters. The van der Waals surface area contributed by atoms with Crippen LogP contribution in [-0.2, 0) is 0 Å². The first kappa shape index (κ1) is 18.4. The Kier molecular flexibility index (Phi) is 6.11. The number of ether oxygens (including phenoxy) is 1. The third-order valence-corrected chi connectivity index (χ3v) is 3.74. The molecule has 0 aliphatic rings. The van der Waals surface area contributed by atoms with Gasteiger partial charge in [-0.1, -0.05) is 32.0 Å². The molecule has 0 radical (unpaired) electrons. The summed E-state index contributed by atoms with van der Waals surface area (Å²) < 4.78 is 5.75. The Morgan fingerprint density at radius 2 is 1.92 bits per heavy atom. The number of carbonyl (C=O) groups is 2. The molecule has 1 aromatic heterocycles. The van der Waals surface area contributed by atoms with Gasteiger partial charge in [0.2, 0.25) is 0 Å². The van der Waals surface area contributed by atoms with Gasteiger partial charge < -0.3 is 15.2 Å². The van der Waals surface area contributed by atoms with E-state index in [2.05, 4.69) is 24.1 Å². The second kappa shape index (κ2) is 8.28. The summed E-state index contributed by atoms with van der Waals surface area (Å²) in [4.78, 5) is 27.1. The van der Waals surface area contributed by atoms with Crippen LogP contribution in [0.3, 0.4) is 0 Å². The van der Waals surface area contributed by atoms with Gasteiger partial charge in [0.05, 0.1) is 17.8 Å². The van der Waals surface area contributed by atoms with E-state index in [4.69, 9.17) is 9.84 Å². The van der Waals surface area contributed by atoms with Gasteiger partial charge in [0, 0.05) is 0 Å². The number of pyridine rings is 1. The van der Waals surface area contributed by atoms with Crippen LogP contribution in [0.15, 0.2) is 36.4 Å². The average Bonchev–Trinajstić information content (AvgIpc) is 2.58. The van der Waals surface area contributed by atoms with E-state index in [-0.39, 0.29) is 17.2 Å². The zero-order chi connectivity index (χ0) is 18.4. The van der Waals surface area contributed by atoms with Gasteiger partial charge in [-0.2, -0.15) is 0 Å². The van der Waals surface area contributed by atoms with Crippen molar-refractivity contribution in [3.8, 4) is 5.75 Å². The van der Waals surface area contributed by atoms with Crippen LogP contribution in [0.2, 0.25) is 0 Å². The van der Waals surface area contributed by atoms with Crippen LogP contribution in [-0.4, -0.2) is 35.1 Å². The number of amides is 1. The number of para-hydroxylation sites is 1. The normalized spacial score (nSPS) is 10.6. The largest absolute Gasteiger partial charge is 0.491 e. The Bertz CT molecular complexity index is 772. The first-order valence-corrected chi connectivity index (χ1v) is 8.11. The maximum absolute atomic E-state index is 12.1. The van der Waals surface area contributed by atoms with Gasteiger partial charge in [0.15, 0.2) is 0 Å². The van der Waals surface area contributed by atoms with Crippen molar-refractivity contribution in [2.45, 2.75) is 26.7 Å². The van der Waals surface area contributed by atoms with Crippen LogP contribution in [0.4, 0.5) is 0 Å². The number of rotatable bonds is 7.